The molecule has 1 aromatic carbocycles. The van der Waals surface area contributed by atoms with Crippen molar-refractivity contribution in [2.75, 3.05) is 0 Å². The Hall–Kier alpha value is -3.15. The molecule has 2 heterocycles. The van der Waals surface area contributed by atoms with Crippen molar-refractivity contribution in [3.8, 4) is 5.69 Å². The zero-order valence-corrected chi connectivity index (χ0v) is 13.6. The lowest BCUT2D eigenvalue weighted by Gasteiger charge is -2.04. The second kappa shape index (κ2) is 6.54. The van der Waals surface area contributed by atoms with Crippen molar-refractivity contribution >= 4 is 11.7 Å². The van der Waals surface area contributed by atoms with Gasteiger partial charge in [-0.3, -0.25) is 9.59 Å². The summed E-state index contributed by atoms with van der Waals surface area (Å²) in [6, 6.07) is 11.4. The number of Topliss-reactive ketones (excluding diaryl/α,β-unsaturated/α-hetero) is 1. The van der Waals surface area contributed by atoms with Crippen LogP contribution in [0.3, 0.4) is 0 Å². The summed E-state index contributed by atoms with van der Waals surface area (Å²) in [6.45, 7) is 1.85. The van der Waals surface area contributed by atoms with Crippen LogP contribution in [0.15, 0.2) is 55.0 Å². The smallest absolute Gasteiger partial charge is 0.268 e. The van der Waals surface area contributed by atoms with Crippen molar-refractivity contribution in [3.63, 3.8) is 0 Å². The predicted octanol–water partition coefficient (Wildman–Crippen LogP) is 2.34. The van der Waals surface area contributed by atoms with Crippen LogP contribution in [-0.2, 0) is 13.6 Å². The van der Waals surface area contributed by atoms with E-state index >= 15 is 0 Å². The molecule has 0 unspecified atom stereocenters. The van der Waals surface area contributed by atoms with E-state index in [2.05, 4.69) is 10.4 Å². The van der Waals surface area contributed by atoms with Crippen LogP contribution in [0.4, 0.5) is 0 Å². The van der Waals surface area contributed by atoms with Gasteiger partial charge in [0.25, 0.3) is 5.91 Å². The molecule has 2 aromatic heterocycles. The molecule has 0 aliphatic rings. The predicted molar refractivity (Wildman–Crippen MR) is 90.2 cm³/mol. The first kappa shape index (κ1) is 15.7. The topological polar surface area (TPSA) is 68.9 Å². The Morgan fingerprint density at radius 2 is 1.92 bits per heavy atom. The van der Waals surface area contributed by atoms with Crippen LogP contribution in [-0.4, -0.2) is 26.0 Å². The summed E-state index contributed by atoms with van der Waals surface area (Å²) in [5.41, 5.74) is 2.84. The van der Waals surface area contributed by atoms with Crippen LogP contribution in [0, 0.1) is 0 Å². The summed E-state index contributed by atoms with van der Waals surface area (Å²) >= 11 is 0. The normalized spacial score (nSPS) is 10.6. The lowest BCUT2D eigenvalue weighted by atomic mass is 10.2. The SMILES string of the molecule is CC(=O)c1cc(C(=O)NCc2cnn(-c3ccccc3)c2)n(C)c1. The third kappa shape index (κ3) is 3.27. The fourth-order valence-corrected chi connectivity index (χ4v) is 2.43. The fourth-order valence-electron chi connectivity index (χ4n) is 2.43. The van der Waals surface area contributed by atoms with Crippen molar-refractivity contribution in [1.82, 2.24) is 19.7 Å². The summed E-state index contributed by atoms with van der Waals surface area (Å²) in [4.78, 5) is 23.7. The minimum atomic E-state index is -0.225. The highest BCUT2D eigenvalue weighted by Gasteiger charge is 2.13. The van der Waals surface area contributed by atoms with Gasteiger partial charge in [-0.25, -0.2) is 4.68 Å². The molecular weight excluding hydrogens is 304 g/mol. The molecule has 0 bridgehead atoms. The maximum atomic E-state index is 12.3. The first-order chi connectivity index (χ1) is 11.5. The van der Waals surface area contributed by atoms with Gasteiger partial charge in [0.05, 0.1) is 11.9 Å². The number of amides is 1. The molecule has 0 spiro atoms. The first-order valence-electron chi connectivity index (χ1n) is 7.59. The van der Waals surface area contributed by atoms with Crippen molar-refractivity contribution in [2.24, 2.45) is 7.05 Å². The van der Waals surface area contributed by atoms with Gasteiger partial charge in [0.1, 0.15) is 5.69 Å². The molecule has 1 N–H and O–H groups in total. The third-order valence-corrected chi connectivity index (χ3v) is 3.75. The number of carbonyl (C=O) groups excluding carboxylic acids is 2. The number of rotatable bonds is 5. The molecular formula is C18H18N4O2. The molecule has 0 radical (unpaired) electrons. The van der Waals surface area contributed by atoms with Crippen LogP contribution >= 0.6 is 0 Å². The van der Waals surface area contributed by atoms with Gasteiger partial charge < -0.3 is 9.88 Å². The van der Waals surface area contributed by atoms with E-state index in [9.17, 15) is 9.59 Å². The van der Waals surface area contributed by atoms with Gasteiger partial charge in [-0.05, 0) is 25.1 Å². The summed E-state index contributed by atoms with van der Waals surface area (Å²) in [5, 5.41) is 7.15. The Balaban J connectivity index is 1.67. The van der Waals surface area contributed by atoms with Crippen molar-refractivity contribution in [2.45, 2.75) is 13.5 Å². The Kier molecular flexibility index (Phi) is 4.29. The van der Waals surface area contributed by atoms with Crippen LogP contribution in [0.2, 0.25) is 0 Å². The van der Waals surface area contributed by atoms with Gasteiger partial charge in [-0.1, -0.05) is 18.2 Å². The number of carbonyl (C=O) groups is 2. The van der Waals surface area contributed by atoms with E-state index in [0.29, 0.717) is 17.8 Å². The van der Waals surface area contributed by atoms with E-state index in [0.717, 1.165) is 11.3 Å². The van der Waals surface area contributed by atoms with Gasteiger partial charge in [-0.15, -0.1) is 0 Å². The van der Waals surface area contributed by atoms with Gasteiger partial charge in [-0.2, -0.15) is 5.10 Å². The average Bonchev–Trinajstić information content (AvgIpc) is 3.20. The number of hydrogen-bond donors (Lipinski definition) is 1. The quantitative estimate of drug-likeness (QED) is 0.733. The monoisotopic (exact) mass is 322 g/mol. The molecule has 0 aliphatic carbocycles. The van der Waals surface area contributed by atoms with E-state index < -0.39 is 0 Å². The Morgan fingerprint density at radius 1 is 1.17 bits per heavy atom. The molecule has 0 aliphatic heterocycles. The molecule has 0 saturated carbocycles. The van der Waals surface area contributed by atoms with Crippen molar-refractivity contribution in [3.05, 3.63) is 71.8 Å². The molecule has 6 nitrogen and oxygen atoms in total. The molecule has 6 heteroatoms. The first-order valence-corrected chi connectivity index (χ1v) is 7.59. The molecule has 0 saturated heterocycles. The number of para-hydroxylation sites is 1. The Bertz CT molecular complexity index is 878. The van der Waals surface area contributed by atoms with E-state index in [1.165, 1.54) is 6.92 Å². The van der Waals surface area contributed by atoms with Crippen LogP contribution in [0.25, 0.3) is 5.69 Å². The number of aryl methyl sites for hydroxylation is 1. The van der Waals surface area contributed by atoms with Crippen molar-refractivity contribution < 1.29 is 9.59 Å². The van der Waals surface area contributed by atoms with E-state index in [1.54, 1.807) is 34.8 Å². The van der Waals surface area contributed by atoms with E-state index in [1.807, 2.05) is 36.5 Å². The summed E-state index contributed by atoms with van der Waals surface area (Å²) in [6.07, 6.45) is 5.26. The van der Waals surface area contributed by atoms with E-state index in [4.69, 9.17) is 0 Å². The van der Waals surface area contributed by atoms with Gasteiger partial charge in [0.2, 0.25) is 0 Å². The Morgan fingerprint density at radius 3 is 2.58 bits per heavy atom. The largest absolute Gasteiger partial charge is 0.347 e. The van der Waals surface area contributed by atoms with Gasteiger partial charge in [0.15, 0.2) is 5.78 Å². The number of aromatic nitrogens is 3. The molecule has 3 aromatic rings. The standard InChI is InChI=1S/C18H18N4O2/c1-13(23)15-8-17(21(2)12-15)18(24)19-9-14-10-20-22(11-14)16-6-4-3-5-7-16/h3-8,10-12H,9H2,1-2H3,(H,19,24). The molecule has 3 rings (SSSR count). The molecule has 24 heavy (non-hydrogen) atoms. The zero-order chi connectivity index (χ0) is 17.1. The molecule has 0 atom stereocenters. The summed E-state index contributed by atoms with van der Waals surface area (Å²) in [7, 11) is 1.74. The third-order valence-electron chi connectivity index (χ3n) is 3.75. The highest BCUT2D eigenvalue weighted by atomic mass is 16.2. The van der Waals surface area contributed by atoms with Crippen LogP contribution in [0.1, 0.15) is 33.3 Å². The number of nitrogens with zero attached hydrogens (tertiary/aromatic N) is 3. The maximum absolute atomic E-state index is 12.3. The number of ketones is 1. The minimum absolute atomic E-state index is 0.0613. The van der Waals surface area contributed by atoms with Crippen LogP contribution in [0.5, 0.6) is 0 Å². The van der Waals surface area contributed by atoms with Crippen LogP contribution < -0.4 is 5.32 Å². The molecule has 1 amide bonds. The van der Waals surface area contributed by atoms with Gasteiger partial charge in [0, 0.05) is 37.1 Å². The zero-order valence-electron chi connectivity index (χ0n) is 13.6. The second-order valence-corrected chi connectivity index (χ2v) is 5.59. The lowest BCUT2D eigenvalue weighted by Crippen LogP contribution is -2.24. The number of hydrogen-bond acceptors (Lipinski definition) is 3. The maximum Gasteiger partial charge on any atom is 0.268 e. The Labute approximate surface area is 139 Å². The number of nitrogens with one attached hydrogen (secondary N) is 1. The molecule has 122 valence electrons. The number of benzene rings is 1. The summed E-state index contributed by atoms with van der Waals surface area (Å²) in [5.74, 6) is -0.286. The van der Waals surface area contributed by atoms with Gasteiger partial charge >= 0.3 is 0 Å². The second-order valence-electron chi connectivity index (χ2n) is 5.59. The summed E-state index contributed by atoms with van der Waals surface area (Å²) < 4.78 is 3.41. The highest BCUT2D eigenvalue weighted by Crippen LogP contribution is 2.10. The minimum Gasteiger partial charge on any atom is -0.347 e. The van der Waals surface area contributed by atoms with Crippen molar-refractivity contribution in [1.29, 1.82) is 0 Å². The van der Waals surface area contributed by atoms with E-state index in [-0.39, 0.29) is 11.7 Å². The average molecular weight is 322 g/mol. The fraction of sp³-hybridized carbons (Fsp3) is 0.167. The highest BCUT2D eigenvalue weighted by molar-refractivity contribution is 5.99. The lowest BCUT2D eigenvalue weighted by molar-refractivity contribution is 0.0942. The molecule has 0 fully saturated rings.